The van der Waals surface area contributed by atoms with Crippen molar-refractivity contribution >= 4 is 25.7 Å². The van der Waals surface area contributed by atoms with Gasteiger partial charge in [-0.05, 0) is 88.8 Å². The van der Waals surface area contributed by atoms with Crippen LogP contribution in [0.3, 0.4) is 0 Å². The Morgan fingerprint density at radius 1 is 1.13 bits per heavy atom. The predicted octanol–water partition coefficient (Wildman–Crippen LogP) is 5.61. The standard InChI is InChI=1S/C32H47FN8O3Si/c1-8-24-27(20(4)38-40(24)18-44-15-16-45(5,6)7)23-13-14-26(35-30(23)33)36-32(43)29(28(21-9-10-21)22-11-12-22)37-31(42)25-17-34-39-41(25)19(2)3/h13-14,17,19,21-22,28-29H,8-12,15-16,18H2,1-7H3,(H,37,42)(H,35,36,43)/t29-/m0/s1. The highest BCUT2D eigenvalue weighted by atomic mass is 28.3. The largest absolute Gasteiger partial charge is 0.360 e. The van der Waals surface area contributed by atoms with E-state index >= 15 is 4.39 Å². The molecule has 1 atom stereocenters. The molecule has 2 aliphatic carbocycles. The third-order valence-corrected chi connectivity index (χ3v) is 10.4. The van der Waals surface area contributed by atoms with Gasteiger partial charge in [-0.25, -0.2) is 14.3 Å². The molecule has 2 aliphatic rings. The molecule has 0 unspecified atom stereocenters. The Hall–Kier alpha value is -3.45. The van der Waals surface area contributed by atoms with Crippen LogP contribution >= 0.6 is 0 Å². The number of aryl methyl sites for hydroxylation is 1. The van der Waals surface area contributed by atoms with Gasteiger partial charge in [0.15, 0.2) is 0 Å². The molecule has 2 saturated carbocycles. The van der Waals surface area contributed by atoms with E-state index in [9.17, 15) is 9.59 Å². The van der Waals surface area contributed by atoms with Crippen molar-refractivity contribution in [3.05, 3.63) is 41.4 Å². The summed E-state index contributed by atoms with van der Waals surface area (Å²) in [7, 11) is -1.22. The monoisotopic (exact) mass is 638 g/mol. The smallest absolute Gasteiger partial charge is 0.271 e. The molecule has 0 spiro atoms. The molecule has 3 aromatic rings. The molecule has 0 bridgehead atoms. The number of carbonyl (C=O) groups is 2. The SMILES string of the molecule is CCc1c(-c2ccc(NC(=O)[C@@H](NC(=O)c3cnnn3C(C)C)C(C3CC3)C3CC3)nc2F)c(C)nn1COCC[Si](C)(C)C. The zero-order valence-electron chi connectivity index (χ0n) is 27.6. The van der Waals surface area contributed by atoms with Crippen LogP contribution in [0, 0.1) is 30.6 Å². The molecule has 11 nitrogen and oxygen atoms in total. The first-order chi connectivity index (χ1) is 21.4. The lowest BCUT2D eigenvalue weighted by molar-refractivity contribution is -0.119. The van der Waals surface area contributed by atoms with Crippen LogP contribution in [0.15, 0.2) is 18.3 Å². The number of rotatable bonds is 15. The molecule has 3 heterocycles. The Morgan fingerprint density at radius 3 is 2.40 bits per heavy atom. The first kappa shape index (κ1) is 32.9. The van der Waals surface area contributed by atoms with Gasteiger partial charge in [0.05, 0.1) is 11.9 Å². The molecule has 0 saturated heterocycles. The number of ether oxygens (including phenoxy) is 1. The summed E-state index contributed by atoms with van der Waals surface area (Å²) in [6, 6.07) is 3.44. The van der Waals surface area contributed by atoms with Crippen molar-refractivity contribution in [1.82, 2.24) is 35.1 Å². The van der Waals surface area contributed by atoms with Gasteiger partial charge in [0.25, 0.3) is 5.91 Å². The van der Waals surface area contributed by atoms with Crippen LogP contribution in [0.4, 0.5) is 10.2 Å². The van der Waals surface area contributed by atoms with Crippen molar-refractivity contribution < 1.29 is 18.7 Å². The number of nitrogens with zero attached hydrogens (tertiary/aromatic N) is 6. The zero-order chi connectivity index (χ0) is 32.5. The van der Waals surface area contributed by atoms with E-state index in [1.165, 1.54) is 10.9 Å². The molecular formula is C32H47FN8O3Si. The second-order valence-electron chi connectivity index (χ2n) is 14.0. The van der Waals surface area contributed by atoms with Gasteiger partial charge in [-0.2, -0.15) is 9.49 Å². The van der Waals surface area contributed by atoms with Crippen molar-refractivity contribution in [3.8, 4) is 11.1 Å². The minimum atomic E-state index is -1.22. The minimum Gasteiger partial charge on any atom is -0.360 e. The highest BCUT2D eigenvalue weighted by Gasteiger charge is 2.48. The number of hydrogen-bond donors (Lipinski definition) is 2. The van der Waals surface area contributed by atoms with Crippen LogP contribution in [-0.2, 0) is 22.7 Å². The summed E-state index contributed by atoms with van der Waals surface area (Å²) in [5, 5.41) is 18.4. The van der Waals surface area contributed by atoms with Gasteiger partial charge in [0.1, 0.15) is 24.3 Å². The lowest BCUT2D eigenvalue weighted by atomic mass is 9.88. The number of hydrogen-bond acceptors (Lipinski definition) is 7. The van der Waals surface area contributed by atoms with Crippen LogP contribution in [0.1, 0.15) is 74.4 Å². The van der Waals surface area contributed by atoms with E-state index in [2.05, 4.69) is 50.7 Å². The van der Waals surface area contributed by atoms with E-state index in [1.54, 1.807) is 16.8 Å². The van der Waals surface area contributed by atoms with Gasteiger partial charge < -0.3 is 15.4 Å². The number of halogens is 1. The Balaban J connectivity index is 1.34. The van der Waals surface area contributed by atoms with Crippen LogP contribution < -0.4 is 10.6 Å². The number of anilines is 1. The molecular weight excluding hydrogens is 591 g/mol. The van der Waals surface area contributed by atoms with E-state index in [-0.39, 0.29) is 17.8 Å². The van der Waals surface area contributed by atoms with E-state index in [1.807, 2.05) is 27.7 Å². The maximum atomic E-state index is 15.7. The third kappa shape index (κ3) is 7.86. The highest BCUT2D eigenvalue weighted by molar-refractivity contribution is 6.76. The number of pyridine rings is 1. The molecule has 0 radical (unpaired) electrons. The van der Waals surface area contributed by atoms with Crippen molar-refractivity contribution in [2.24, 2.45) is 17.8 Å². The van der Waals surface area contributed by atoms with Gasteiger partial charge in [0.2, 0.25) is 11.9 Å². The van der Waals surface area contributed by atoms with Crippen molar-refractivity contribution in [2.45, 2.75) is 104 Å². The molecule has 0 aliphatic heterocycles. The van der Waals surface area contributed by atoms with Gasteiger partial charge in [-0.3, -0.25) is 9.59 Å². The quantitative estimate of drug-likeness (QED) is 0.126. The fraction of sp³-hybridized carbons (Fsp3) is 0.625. The Kier molecular flexibility index (Phi) is 9.87. The predicted molar refractivity (Wildman–Crippen MR) is 173 cm³/mol. The Labute approximate surface area is 265 Å². The van der Waals surface area contributed by atoms with Crippen LogP contribution in [0.2, 0.25) is 25.7 Å². The van der Waals surface area contributed by atoms with Crippen molar-refractivity contribution in [3.63, 3.8) is 0 Å². The molecule has 0 aromatic carbocycles. The minimum absolute atomic E-state index is 0.00927. The average Bonchev–Trinajstić information content (AvgIpc) is 3.90. The molecule has 45 heavy (non-hydrogen) atoms. The van der Waals surface area contributed by atoms with Crippen LogP contribution in [-0.4, -0.2) is 62.3 Å². The lowest BCUT2D eigenvalue weighted by Gasteiger charge is -2.27. The zero-order valence-corrected chi connectivity index (χ0v) is 28.6. The van der Waals surface area contributed by atoms with Gasteiger partial charge in [-0.1, -0.05) is 31.8 Å². The van der Waals surface area contributed by atoms with Gasteiger partial charge >= 0.3 is 0 Å². The number of nitrogens with one attached hydrogen (secondary N) is 2. The van der Waals surface area contributed by atoms with Crippen molar-refractivity contribution in [1.29, 1.82) is 0 Å². The normalized spacial score (nSPS) is 16.0. The fourth-order valence-electron chi connectivity index (χ4n) is 6.10. The number of carbonyl (C=O) groups excluding carboxylic acids is 2. The van der Waals surface area contributed by atoms with E-state index in [4.69, 9.17) is 4.74 Å². The second-order valence-corrected chi connectivity index (χ2v) is 19.6. The summed E-state index contributed by atoms with van der Waals surface area (Å²) in [6.45, 7) is 15.6. The summed E-state index contributed by atoms with van der Waals surface area (Å²) < 4.78 is 24.9. The summed E-state index contributed by atoms with van der Waals surface area (Å²) in [6.07, 6.45) is 6.18. The summed E-state index contributed by atoms with van der Waals surface area (Å²) >= 11 is 0. The molecule has 244 valence electrons. The van der Waals surface area contributed by atoms with E-state index < -0.39 is 31.9 Å². The fourth-order valence-corrected chi connectivity index (χ4v) is 6.86. The van der Waals surface area contributed by atoms with Crippen molar-refractivity contribution in [2.75, 3.05) is 11.9 Å². The second kappa shape index (κ2) is 13.5. The number of amides is 2. The van der Waals surface area contributed by atoms with Crippen LogP contribution in [0.5, 0.6) is 0 Å². The van der Waals surface area contributed by atoms with Gasteiger partial charge in [0, 0.05) is 37.5 Å². The molecule has 2 amide bonds. The third-order valence-electron chi connectivity index (χ3n) is 8.73. The van der Waals surface area contributed by atoms with E-state index in [0.717, 1.165) is 37.4 Å². The highest BCUT2D eigenvalue weighted by Crippen LogP contribution is 2.51. The maximum Gasteiger partial charge on any atom is 0.271 e. The summed E-state index contributed by atoms with van der Waals surface area (Å²) in [5.41, 5.74) is 2.87. The molecule has 2 fully saturated rings. The van der Waals surface area contributed by atoms with E-state index in [0.29, 0.717) is 54.1 Å². The molecule has 2 N–H and O–H groups in total. The Morgan fingerprint density at radius 2 is 1.82 bits per heavy atom. The lowest BCUT2D eigenvalue weighted by Crippen LogP contribution is -2.50. The van der Waals surface area contributed by atoms with Gasteiger partial charge in [-0.15, -0.1) is 5.10 Å². The Bertz CT molecular complexity index is 1510. The first-order valence-corrected chi connectivity index (χ1v) is 19.9. The molecule has 13 heteroatoms. The first-order valence-electron chi connectivity index (χ1n) is 16.2. The van der Waals surface area contributed by atoms with Crippen LogP contribution in [0.25, 0.3) is 11.1 Å². The average molecular weight is 639 g/mol. The topological polar surface area (TPSA) is 129 Å². The molecule has 5 rings (SSSR count). The molecule has 3 aromatic heterocycles. The summed E-state index contributed by atoms with van der Waals surface area (Å²) in [4.78, 5) is 31.3. The maximum absolute atomic E-state index is 15.7. The summed E-state index contributed by atoms with van der Waals surface area (Å²) in [5.74, 6) is -0.644. The number of aromatic nitrogens is 6.